The van der Waals surface area contributed by atoms with Crippen LogP contribution in [0.25, 0.3) is 0 Å². The van der Waals surface area contributed by atoms with Crippen molar-refractivity contribution in [2.45, 2.75) is 13.3 Å². The fraction of sp³-hybridized carbons (Fsp3) is 0.417. The standard InChI is InChI=1S/C12H16FNO2/c1-9(12(15)16)8-14-7-6-10-4-2-3-5-11(10)13/h2-5,9,14H,6-8H2,1H3,(H,15,16). The lowest BCUT2D eigenvalue weighted by Crippen LogP contribution is -2.28. The first-order chi connectivity index (χ1) is 7.61. The summed E-state index contributed by atoms with van der Waals surface area (Å²) in [5, 5.41) is 11.6. The van der Waals surface area contributed by atoms with Crippen LogP contribution in [0.5, 0.6) is 0 Å². The molecule has 0 radical (unpaired) electrons. The third-order valence-corrected chi connectivity index (χ3v) is 2.40. The van der Waals surface area contributed by atoms with Crippen molar-refractivity contribution >= 4 is 5.97 Å². The minimum Gasteiger partial charge on any atom is -0.481 e. The van der Waals surface area contributed by atoms with Crippen LogP contribution in [0.3, 0.4) is 0 Å². The van der Waals surface area contributed by atoms with E-state index in [1.54, 1.807) is 25.1 Å². The molecule has 1 aromatic rings. The van der Waals surface area contributed by atoms with Crippen molar-refractivity contribution in [2.75, 3.05) is 13.1 Å². The van der Waals surface area contributed by atoms with E-state index in [0.29, 0.717) is 25.1 Å². The lowest BCUT2D eigenvalue weighted by molar-refractivity contribution is -0.140. The van der Waals surface area contributed by atoms with Gasteiger partial charge in [-0.3, -0.25) is 4.79 Å². The molecule has 0 aliphatic heterocycles. The van der Waals surface area contributed by atoms with E-state index in [2.05, 4.69) is 5.32 Å². The SMILES string of the molecule is CC(CNCCc1ccccc1F)C(=O)O. The van der Waals surface area contributed by atoms with E-state index in [1.165, 1.54) is 6.07 Å². The molecular weight excluding hydrogens is 209 g/mol. The van der Waals surface area contributed by atoms with Crippen LogP contribution in [0.4, 0.5) is 4.39 Å². The average molecular weight is 225 g/mol. The first kappa shape index (κ1) is 12.6. The van der Waals surface area contributed by atoms with Crippen LogP contribution in [0.2, 0.25) is 0 Å². The summed E-state index contributed by atoms with van der Waals surface area (Å²) in [5.74, 6) is -1.45. The predicted molar refractivity (Wildman–Crippen MR) is 59.8 cm³/mol. The maximum atomic E-state index is 13.2. The molecule has 0 amide bonds. The van der Waals surface area contributed by atoms with Crippen molar-refractivity contribution in [3.63, 3.8) is 0 Å². The van der Waals surface area contributed by atoms with Gasteiger partial charge in [0, 0.05) is 6.54 Å². The Morgan fingerprint density at radius 2 is 2.19 bits per heavy atom. The summed E-state index contributed by atoms with van der Waals surface area (Å²) in [6, 6.07) is 6.60. The van der Waals surface area contributed by atoms with Crippen LogP contribution in [0.15, 0.2) is 24.3 Å². The van der Waals surface area contributed by atoms with Crippen LogP contribution in [0, 0.1) is 11.7 Å². The Kier molecular flexibility index (Phi) is 4.92. The van der Waals surface area contributed by atoms with E-state index in [1.807, 2.05) is 0 Å². The van der Waals surface area contributed by atoms with Crippen molar-refractivity contribution in [2.24, 2.45) is 5.92 Å². The quantitative estimate of drug-likeness (QED) is 0.724. The number of carboxylic acid groups (broad SMARTS) is 1. The fourth-order valence-corrected chi connectivity index (χ4v) is 1.33. The molecule has 0 aliphatic carbocycles. The molecule has 0 bridgehead atoms. The summed E-state index contributed by atoms with van der Waals surface area (Å²) in [7, 11) is 0. The second-order valence-electron chi connectivity index (χ2n) is 3.78. The van der Waals surface area contributed by atoms with Gasteiger partial charge in [0.25, 0.3) is 0 Å². The van der Waals surface area contributed by atoms with E-state index < -0.39 is 11.9 Å². The Labute approximate surface area is 94.3 Å². The summed E-state index contributed by atoms with van der Waals surface area (Å²) >= 11 is 0. The highest BCUT2D eigenvalue weighted by molar-refractivity contribution is 5.69. The maximum Gasteiger partial charge on any atom is 0.307 e. The van der Waals surface area contributed by atoms with E-state index in [0.717, 1.165) is 0 Å². The normalized spacial score (nSPS) is 12.4. The Morgan fingerprint density at radius 3 is 2.81 bits per heavy atom. The number of carboxylic acids is 1. The lowest BCUT2D eigenvalue weighted by Gasteiger charge is -2.08. The molecule has 88 valence electrons. The second-order valence-corrected chi connectivity index (χ2v) is 3.78. The number of rotatable bonds is 6. The smallest absolute Gasteiger partial charge is 0.307 e. The van der Waals surface area contributed by atoms with Gasteiger partial charge in [0.05, 0.1) is 5.92 Å². The minimum absolute atomic E-state index is 0.212. The minimum atomic E-state index is -0.821. The highest BCUT2D eigenvalue weighted by Gasteiger charge is 2.09. The maximum absolute atomic E-state index is 13.2. The zero-order chi connectivity index (χ0) is 12.0. The molecule has 0 aromatic heterocycles. The first-order valence-corrected chi connectivity index (χ1v) is 5.28. The molecule has 0 spiro atoms. The number of carbonyl (C=O) groups is 1. The average Bonchev–Trinajstić information content (AvgIpc) is 2.26. The van der Waals surface area contributed by atoms with Crippen LogP contribution in [-0.4, -0.2) is 24.2 Å². The molecule has 16 heavy (non-hydrogen) atoms. The monoisotopic (exact) mass is 225 g/mol. The molecule has 0 saturated heterocycles. The Bertz CT molecular complexity index is 355. The Hall–Kier alpha value is -1.42. The number of hydrogen-bond donors (Lipinski definition) is 2. The summed E-state index contributed by atoms with van der Waals surface area (Å²) < 4.78 is 13.2. The molecule has 1 atom stereocenters. The molecule has 2 N–H and O–H groups in total. The van der Waals surface area contributed by atoms with Crippen molar-refractivity contribution < 1.29 is 14.3 Å². The van der Waals surface area contributed by atoms with Crippen LogP contribution >= 0.6 is 0 Å². The molecule has 0 saturated carbocycles. The molecular formula is C12H16FNO2. The van der Waals surface area contributed by atoms with Crippen LogP contribution in [0.1, 0.15) is 12.5 Å². The van der Waals surface area contributed by atoms with Gasteiger partial charge < -0.3 is 10.4 Å². The molecule has 0 fully saturated rings. The van der Waals surface area contributed by atoms with Gasteiger partial charge in [-0.1, -0.05) is 25.1 Å². The van der Waals surface area contributed by atoms with Gasteiger partial charge in [-0.2, -0.15) is 0 Å². The summed E-state index contributed by atoms with van der Waals surface area (Å²) in [6.07, 6.45) is 0.568. The summed E-state index contributed by atoms with van der Waals surface area (Å²) in [5.41, 5.74) is 0.651. The van der Waals surface area contributed by atoms with Gasteiger partial charge in [-0.15, -0.1) is 0 Å². The molecule has 0 aliphatic rings. The third kappa shape index (κ3) is 3.98. The van der Waals surface area contributed by atoms with Crippen molar-refractivity contribution in [3.8, 4) is 0 Å². The van der Waals surface area contributed by atoms with Gasteiger partial charge in [-0.25, -0.2) is 4.39 Å². The van der Waals surface area contributed by atoms with E-state index >= 15 is 0 Å². The first-order valence-electron chi connectivity index (χ1n) is 5.28. The molecule has 4 heteroatoms. The van der Waals surface area contributed by atoms with Gasteiger partial charge in [0.2, 0.25) is 0 Å². The molecule has 1 unspecified atom stereocenters. The van der Waals surface area contributed by atoms with E-state index in [-0.39, 0.29) is 5.82 Å². The second kappa shape index (κ2) is 6.23. The zero-order valence-electron chi connectivity index (χ0n) is 9.24. The molecule has 1 rings (SSSR count). The lowest BCUT2D eigenvalue weighted by atomic mass is 10.1. The van der Waals surface area contributed by atoms with Gasteiger partial charge in [0.15, 0.2) is 0 Å². The number of benzene rings is 1. The Balaban J connectivity index is 2.26. The van der Waals surface area contributed by atoms with Crippen LogP contribution in [-0.2, 0) is 11.2 Å². The number of hydrogen-bond acceptors (Lipinski definition) is 2. The largest absolute Gasteiger partial charge is 0.481 e. The summed E-state index contributed by atoms with van der Waals surface area (Å²) in [6.45, 7) is 2.63. The zero-order valence-corrected chi connectivity index (χ0v) is 9.24. The Morgan fingerprint density at radius 1 is 1.50 bits per heavy atom. The van der Waals surface area contributed by atoms with Crippen LogP contribution < -0.4 is 5.32 Å². The molecule has 0 heterocycles. The highest BCUT2D eigenvalue weighted by atomic mass is 19.1. The summed E-state index contributed by atoms with van der Waals surface area (Å²) in [4.78, 5) is 10.5. The molecule has 1 aromatic carbocycles. The van der Waals surface area contributed by atoms with Crippen molar-refractivity contribution in [3.05, 3.63) is 35.6 Å². The predicted octanol–water partition coefficient (Wildman–Crippen LogP) is 1.68. The van der Waals surface area contributed by atoms with Gasteiger partial charge in [0.1, 0.15) is 5.82 Å². The number of aliphatic carboxylic acids is 1. The van der Waals surface area contributed by atoms with E-state index in [4.69, 9.17) is 5.11 Å². The number of halogens is 1. The number of nitrogens with one attached hydrogen (secondary N) is 1. The van der Waals surface area contributed by atoms with Gasteiger partial charge in [-0.05, 0) is 24.6 Å². The van der Waals surface area contributed by atoms with E-state index in [9.17, 15) is 9.18 Å². The fourth-order valence-electron chi connectivity index (χ4n) is 1.33. The van der Waals surface area contributed by atoms with Crippen molar-refractivity contribution in [1.29, 1.82) is 0 Å². The highest BCUT2D eigenvalue weighted by Crippen LogP contribution is 2.06. The molecule has 3 nitrogen and oxygen atoms in total. The van der Waals surface area contributed by atoms with Gasteiger partial charge >= 0.3 is 5.97 Å². The third-order valence-electron chi connectivity index (χ3n) is 2.40. The topological polar surface area (TPSA) is 49.3 Å². The van der Waals surface area contributed by atoms with Crippen molar-refractivity contribution in [1.82, 2.24) is 5.32 Å².